The van der Waals surface area contributed by atoms with Gasteiger partial charge in [-0.3, -0.25) is 9.78 Å². The molecular weight excluding hydrogens is 304 g/mol. The van der Waals surface area contributed by atoms with Crippen LogP contribution < -0.4 is 5.32 Å². The van der Waals surface area contributed by atoms with E-state index in [0.29, 0.717) is 4.47 Å². The van der Waals surface area contributed by atoms with E-state index in [9.17, 15) is 9.59 Å². The van der Waals surface area contributed by atoms with Crippen LogP contribution in [0.25, 0.3) is 0 Å². The van der Waals surface area contributed by atoms with Crippen molar-refractivity contribution >= 4 is 27.8 Å². The number of esters is 1. The van der Waals surface area contributed by atoms with Crippen LogP contribution in [-0.2, 0) is 9.53 Å². The van der Waals surface area contributed by atoms with Crippen LogP contribution in [0.2, 0.25) is 0 Å². The Balaban J connectivity index is 2.70. The van der Waals surface area contributed by atoms with E-state index in [0.717, 1.165) is 0 Å². The highest BCUT2D eigenvalue weighted by molar-refractivity contribution is 9.10. The Kier molecular flexibility index (Phi) is 5.73. The number of nitrogens with one attached hydrogen (secondary N) is 1. The minimum absolute atomic E-state index is 0.184. The van der Waals surface area contributed by atoms with E-state index >= 15 is 0 Å². The zero-order chi connectivity index (χ0) is 13.5. The first kappa shape index (κ1) is 14.6. The van der Waals surface area contributed by atoms with Crippen LogP contribution >= 0.6 is 15.9 Å². The van der Waals surface area contributed by atoms with Gasteiger partial charge in [-0.15, -0.1) is 0 Å². The molecule has 0 spiro atoms. The number of pyridine rings is 1. The third-order valence-corrected chi connectivity index (χ3v) is 2.46. The van der Waals surface area contributed by atoms with Gasteiger partial charge in [0.1, 0.15) is 0 Å². The average Bonchev–Trinajstić information content (AvgIpc) is 2.35. The van der Waals surface area contributed by atoms with E-state index < -0.39 is 24.5 Å². The Labute approximate surface area is 112 Å². The third kappa shape index (κ3) is 4.08. The van der Waals surface area contributed by atoms with Gasteiger partial charge < -0.3 is 15.2 Å². The molecule has 18 heavy (non-hydrogen) atoms. The van der Waals surface area contributed by atoms with Crippen LogP contribution in [0.1, 0.15) is 17.3 Å². The molecule has 0 fully saturated rings. The topological polar surface area (TPSA) is 88.5 Å². The molecule has 1 rings (SSSR count). The van der Waals surface area contributed by atoms with E-state index in [-0.39, 0.29) is 12.2 Å². The number of ether oxygens (including phenoxy) is 1. The summed E-state index contributed by atoms with van der Waals surface area (Å²) in [6.45, 7) is 1.31. The summed E-state index contributed by atoms with van der Waals surface area (Å²) in [5.41, 5.74) is 0.284. The summed E-state index contributed by atoms with van der Waals surface area (Å²) in [5.74, 6) is -1.17. The second kappa shape index (κ2) is 7.07. The monoisotopic (exact) mass is 316 g/mol. The largest absolute Gasteiger partial charge is 0.464 e. The van der Waals surface area contributed by atoms with Crippen LogP contribution in [0.3, 0.4) is 0 Å². The molecule has 6 nitrogen and oxygen atoms in total. The van der Waals surface area contributed by atoms with Crippen molar-refractivity contribution in [3.05, 3.63) is 28.5 Å². The highest BCUT2D eigenvalue weighted by atomic mass is 79.9. The van der Waals surface area contributed by atoms with E-state index in [1.54, 1.807) is 13.0 Å². The predicted octanol–water partition coefficient (Wildman–Crippen LogP) is 0.498. The molecule has 1 aromatic rings. The quantitative estimate of drug-likeness (QED) is 0.772. The van der Waals surface area contributed by atoms with Crippen molar-refractivity contribution in [2.24, 2.45) is 0 Å². The van der Waals surface area contributed by atoms with Gasteiger partial charge in [-0.05, 0) is 28.9 Å². The molecule has 0 aliphatic carbocycles. The van der Waals surface area contributed by atoms with E-state index in [4.69, 9.17) is 9.84 Å². The molecule has 0 aliphatic rings. The number of rotatable bonds is 5. The molecule has 0 saturated carbocycles. The van der Waals surface area contributed by atoms with Gasteiger partial charge in [0.2, 0.25) is 0 Å². The number of aliphatic hydroxyl groups is 1. The highest BCUT2D eigenvalue weighted by Gasteiger charge is 2.21. The summed E-state index contributed by atoms with van der Waals surface area (Å²) < 4.78 is 5.36. The lowest BCUT2D eigenvalue weighted by atomic mass is 10.2. The number of nitrogens with zero attached hydrogens (tertiary/aromatic N) is 1. The first-order valence-corrected chi connectivity index (χ1v) is 6.06. The van der Waals surface area contributed by atoms with Gasteiger partial charge in [-0.2, -0.15) is 0 Å². The van der Waals surface area contributed by atoms with Gasteiger partial charge in [0, 0.05) is 16.9 Å². The number of halogens is 1. The van der Waals surface area contributed by atoms with Crippen molar-refractivity contribution in [3.63, 3.8) is 0 Å². The fourth-order valence-electron chi connectivity index (χ4n) is 1.20. The number of aromatic nitrogens is 1. The average molecular weight is 317 g/mol. The zero-order valence-corrected chi connectivity index (χ0v) is 11.3. The van der Waals surface area contributed by atoms with Crippen molar-refractivity contribution < 1.29 is 19.4 Å². The molecular formula is C11H13BrN2O4. The number of amides is 1. The zero-order valence-electron chi connectivity index (χ0n) is 9.72. The second-order valence-electron chi connectivity index (χ2n) is 3.35. The molecule has 0 radical (unpaired) electrons. The number of aliphatic hydroxyl groups excluding tert-OH is 1. The Morgan fingerprint density at radius 1 is 1.56 bits per heavy atom. The highest BCUT2D eigenvalue weighted by Crippen LogP contribution is 2.09. The number of hydrogen-bond donors (Lipinski definition) is 2. The second-order valence-corrected chi connectivity index (χ2v) is 4.27. The van der Waals surface area contributed by atoms with Gasteiger partial charge in [-0.1, -0.05) is 0 Å². The van der Waals surface area contributed by atoms with E-state index in [1.165, 1.54) is 12.4 Å². The molecule has 0 bridgehead atoms. The van der Waals surface area contributed by atoms with Crippen LogP contribution in [0.15, 0.2) is 22.9 Å². The summed E-state index contributed by atoms with van der Waals surface area (Å²) in [6, 6.07) is 0.485. The van der Waals surface area contributed by atoms with E-state index in [2.05, 4.69) is 26.2 Å². The van der Waals surface area contributed by atoms with Crippen molar-refractivity contribution in [2.45, 2.75) is 13.0 Å². The fraction of sp³-hybridized carbons (Fsp3) is 0.364. The molecule has 0 aromatic carbocycles. The van der Waals surface area contributed by atoms with Crippen LogP contribution in [0.4, 0.5) is 0 Å². The summed E-state index contributed by atoms with van der Waals surface area (Å²) in [7, 11) is 0. The molecule has 0 unspecified atom stereocenters. The number of carbonyl (C=O) groups excluding carboxylic acids is 2. The smallest absolute Gasteiger partial charge is 0.331 e. The molecule has 7 heteroatoms. The minimum atomic E-state index is -1.07. The SMILES string of the molecule is CCOC(=O)[C@H](CO)NC(=O)c1cncc(Br)c1. The lowest BCUT2D eigenvalue weighted by molar-refractivity contribution is -0.146. The Morgan fingerprint density at radius 3 is 2.83 bits per heavy atom. The lowest BCUT2D eigenvalue weighted by Gasteiger charge is -2.14. The van der Waals surface area contributed by atoms with E-state index in [1.807, 2.05) is 0 Å². The summed E-state index contributed by atoms with van der Waals surface area (Å²) in [6.07, 6.45) is 2.89. The molecule has 98 valence electrons. The Morgan fingerprint density at radius 2 is 2.28 bits per heavy atom. The van der Waals surface area contributed by atoms with Crippen molar-refractivity contribution in [1.82, 2.24) is 10.3 Å². The molecule has 1 heterocycles. The maximum atomic E-state index is 11.8. The molecule has 1 amide bonds. The van der Waals surface area contributed by atoms with Gasteiger partial charge in [0.15, 0.2) is 6.04 Å². The molecule has 1 atom stereocenters. The third-order valence-electron chi connectivity index (χ3n) is 2.03. The molecule has 2 N–H and O–H groups in total. The van der Waals surface area contributed by atoms with Crippen LogP contribution in [-0.4, -0.2) is 41.2 Å². The standard InChI is InChI=1S/C11H13BrN2O4/c1-2-18-11(17)9(6-15)14-10(16)7-3-8(12)5-13-4-7/h3-5,9,15H,2,6H2,1H3,(H,14,16)/t9-/m0/s1. The van der Waals surface area contributed by atoms with Crippen molar-refractivity contribution in [2.75, 3.05) is 13.2 Å². The molecule has 0 aliphatic heterocycles. The fourth-order valence-corrected chi connectivity index (χ4v) is 1.56. The summed E-state index contributed by atoms with van der Waals surface area (Å²) >= 11 is 3.18. The molecule has 1 aromatic heterocycles. The normalized spacial score (nSPS) is 11.7. The van der Waals surface area contributed by atoms with Gasteiger partial charge in [0.05, 0.1) is 18.8 Å². The van der Waals surface area contributed by atoms with Gasteiger partial charge in [0.25, 0.3) is 5.91 Å². The lowest BCUT2D eigenvalue weighted by Crippen LogP contribution is -2.44. The Hall–Kier alpha value is -1.47. The number of hydrogen-bond acceptors (Lipinski definition) is 5. The van der Waals surface area contributed by atoms with Gasteiger partial charge in [-0.25, -0.2) is 4.79 Å². The maximum absolute atomic E-state index is 11.8. The summed E-state index contributed by atoms with van der Waals surface area (Å²) in [4.78, 5) is 27.0. The first-order valence-electron chi connectivity index (χ1n) is 5.27. The Bertz CT molecular complexity index is 439. The van der Waals surface area contributed by atoms with Crippen molar-refractivity contribution in [3.8, 4) is 0 Å². The maximum Gasteiger partial charge on any atom is 0.331 e. The van der Waals surface area contributed by atoms with Gasteiger partial charge >= 0.3 is 5.97 Å². The first-order chi connectivity index (χ1) is 8.58. The summed E-state index contributed by atoms with van der Waals surface area (Å²) in [5, 5.41) is 11.4. The predicted molar refractivity (Wildman–Crippen MR) is 66.9 cm³/mol. The van der Waals surface area contributed by atoms with Crippen LogP contribution in [0.5, 0.6) is 0 Å². The minimum Gasteiger partial charge on any atom is -0.464 e. The number of carbonyl (C=O) groups is 2. The van der Waals surface area contributed by atoms with Crippen LogP contribution in [0, 0.1) is 0 Å². The molecule has 0 saturated heterocycles. The van der Waals surface area contributed by atoms with Crippen molar-refractivity contribution in [1.29, 1.82) is 0 Å².